The molecule has 0 atom stereocenters. The van der Waals surface area contributed by atoms with Gasteiger partial charge in [0.05, 0.1) is 17.1 Å². The molecule has 1 aromatic carbocycles. The predicted molar refractivity (Wildman–Crippen MR) is 39.1 cm³/mol. The van der Waals surface area contributed by atoms with Crippen molar-refractivity contribution in [3.63, 3.8) is 0 Å². The van der Waals surface area contributed by atoms with Gasteiger partial charge in [-0.2, -0.15) is 0 Å². The van der Waals surface area contributed by atoms with Crippen LogP contribution in [0.2, 0.25) is 0 Å². The smallest absolute Gasteiger partial charge is 0.545 e. The summed E-state index contributed by atoms with van der Waals surface area (Å²) in [5.74, 6) is -13.2. The molecule has 0 radical (unpaired) electrons. The number of aromatic carboxylic acids is 1. The molecule has 0 unspecified atom stereocenters. The molecule has 17 heavy (non-hydrogen) atoms. The molecule has 1 aromatic rings. The Morgan fingerprint density at radius 2 is 1.24 bits per heavy atom. The van der Waals surface area contributed by atoms with Crippen LogP contribution in [0, 0.1) is 23.3 Å². The van der Waals surface area contributed by atoms with Crippen LogP contribution in [-0.4, -0.2) is 11.9 Å². The maximum atomic E-state index is 12.9. The van der Waals surface area contributed by atoms with E-state index in [9.17, 15) is 32.3 Å². The SMILES string of the molecule is NC(=O)c1c(F)c(F)c(F)c(F)c1C(=O)[O-].[Na+]. The van der Waals surface area contributed by atoms with E-state index < -0.39 is 46.3 Å². The van der Waals surface area contributed by atoms with Crippen molar-refractivity contribution < 1.29 is 61.8 Å². The molecule has 0 spiro atoms. The van der Waals surface area contributed by atoms with E-state index in [0.29, 0.717) is 0 Å². The normalized spacial score (nSPS) is 9.65. The third kappa shape index (κ3) is 2.59. The van der Waals surface area contributed by atoms with Gasteiger partial charge in [-0.1, -0.05) is 0 Å². The minimum atomic E-state index is -2.39. The number of carbonyl (C=O) groups is 2. The Kier molecular flexibility index (Phi) is 5.12. The molecule has 0 saturated heterocycles. The molecular weight excluding hydrogens is 257 g/mol. The average molecular weight is 259 g/mol. The first kappa shape index (κ1) is 15.9. The molecule has 9 heteroatoms. The van der Waals surface area contributed by atoms with Gasteiger partial charge in [0, 0.05) is 0 Å². The summed E-state index contributed by atoms with van der Waals surface area (Å²) < 4.78 is 51.1. The van der Waals surface area contributed by atoms with Gasteiger partial charge in [-0.05, 0) is 0 Å². The molecule has 0 saturated carbocycles. The first-order valence-electron chi connectivity index (χ1n) is 3.66. The van der Waals surface area contributed by atoms with Crippen LogP contribution in [0.4, 0.5) is 17.6 Å². The van der Waals surface area contributed by atoms with Gasteiger partial charge in [-0.25, -0.2) is 17.6 Å². The average Bonchev–Trinajstić information content (AvgIpc) is 2.18. The van der Waals surface area contributed by atoms with E-state index >= 15 is 0 Å². The van der Waals surface area contributed by atoms with Crippen molar-refractivity contribution in [1.82, 2.24) is 0 Å². The van der Waals surface area contributed by atoms with E-state index in [0.717, 1.165) is 0 Å². The summed E-state index contributed by atoms with van der Waals surface area (Å²) >= 11 is 0. The fraction of sp³-hybridized carbons (Fsp3) is 0. The Hall–Kier alpha value is -1.12. The summed E-state index contributed by atoms with van der Waals surface area (Å²) in [6.07, 6.45) is 0. The summed E-state index contributed by atoms with van der Waals surface area (Å²) in [5, 5.41) is 10.3. The van der Waals surface area contributed by atoms with Crippen molar-refractivity contribution in [3.8, 4) is 0 Å². The van der Waals surface area contributed by atoms with Crippen LogP contribution in [-0.2, 0) is 0 Å². The van der Waals surface area contributed by atoms with E-state index in [4.69, 9.17) is 0 Å². The Balaban J connectivity index is 0.00000256. The molecular formula is C8H2F4NNaO3. The van der Waals surface area contributed by atoms with E-state index in [-0.39, 0.29) is 29.6 Å². The van der Waals surface area contributed by atoms with Crippen molar-refractivity contribution in [2.45, 2.75) is 0 Å². The van der Waals surface area contributed by atoms with Crippen molar-refractivity contribution in [2.24, 2.45) is 5.73 Å². The third-order valence-electron chi connectivity index (χ3n) is 1.72. The summed E-state index contributed by atoms with van der Waals surface area (Å²) in [5.41, 5.74) is 1.17. The fourth-order valence-electron chi connectivity index (χ4n) is 1.05. The number of carboxylic acid groups (broad SMARTS) is 1. The van der Waals surface area contributed by atoms with Crippen LogP contribution in [0.3, 0.4) is 0 Å². The van der Waals surface area contributed by atoms with Gasteiger partial charge in [0.1, 0.15) is 0 Å². The van der Waals surface area contributed by atoms with Crippen LogP contribution < -0.4 is 40.4 Å². The Morgan fingerprint density at radius 1 is 0.882 bits per heavy atom. The van der Waals surface area contributed by atoms with Gasteiger partial charge in [0.25, 0.3) is 5.91 Å². The second kappa shape index (κ2) is 5.48. The number of carboxylic acids is 1. The Labute approximate surface area is 114 Å². The zero-order valence-corrected chi connectivity index (χ0v) is 10.3. The number of halogens is 4. The minimum absolute atomic E-state index is 0. The van der Waals surface area contributed by atoms with Crippen molar-refractivity contribution in [3.05, 3.63) is 34.4 Å². The molecule has 86 valence electrons. The zero-order chi connectivity index (χ0) is 12.6. The predicted octanol–water partition coefficient (Wildman–Crippen LogP) is -3.29. The molecule has 2 N–H and O–H groups in total. The van der Waals surface area contributed by atoms with E-state index in [1.54, 1.807) is 0 Å². The van der Waals surface area contributed by atoms with E-state index in [2.05, 4.69) is 5.73 Å². The molecule has 0 aliphatic carbocycles. The van der Waals surface area contributed by atoms with Gasteiger partial charge in [0.15, 0.2) is 23.3 Å². The number of amides is 1. The monoisotopic (exact) mass is 259 g/mol. The van der Waals surface area contributed by atoms with Gasteiger partial charge in [-0.3, -0.25) is 4.79 Å². The summed E-state index contributed by atoms with van der Waals surface area (Å²) in [7, 11) is 0. The molecule has 0 fully saturated rings. The number of rotatable bonds is 2. The Morgan fingerprint density at radius 3 is 1.53 bits per heavy atom. The molecule has 0 heterocycles. The number of hydrogen-bond donors (Lipinski definition) is 1. The molecule has 0 aliphatic heterocycles. The van der Waals surface area contributed by atoms with Crippen molar-refractivity contribution >= 4 is 11.9 Å². The quantitative estimate of drug-likeness (QED) is 0.261. The van der Waals surface area contributed by atoms with Crippen LogP contribution in [0.1, 0.15) is 20.7 Å². The fourth-order valence-corrected chi connectivity index (χ4v) is 1.05. The largest absolute Gasteiger partial charge is 1.00 e. The maximum Gasteiger partial charge on any atom is 1.00 e. The molecule has 1 amide bonds. The number of carbonyl (C=O) groups excluding carboxylic acids is 2. The number of hydrogen-bond acceptors (Lipinski definition) is 3. The van der Waals surface area contributed by atoms with Crippen LogP contribution in [0.15, 0.2) is 0 Å². The number of nitrogens with two attached hydrogens (primary N) is 1. The molecule has 0 aliphatic rings. The van der Waals surface area contributed by atoms with Crippen LogP contribution in [0.5, 0.6) is 0 Å². The molecule has 0 bridgehead atoms. The molecule has 4 nitrogen and oxygen atoms in total. The summed E-state index contributed by atoms with van der Waals surface area (Å²) in [4.78, 5) is 20.9. The van der Waals surface area contributed by atoms with Gasteiger partial charge in [0.2, 0.25) is 0 Å². The topological polar surface area (TPSA) is 83.2 Å². The van der Waals surface area contributed by atoms with Crippen molar-refractivity contribution in [1.29, 1.82) is 0 Å². The van der Waals surface area contributed by atoms with Gasteiger partial charge < -0.3 is 15.6 Å². The van der Waals surface area contributed by atoms with Crippen LogP contribution >= 0.6 is 0 Å². The second-order valence-corrected chi connectivity index (χ2v) is 2.66. The number of primary amides is 1. The van der Waals surface area contributed by atoms with Gasteiger partial charge in [-0.15, -0.1) is 0 Å². The summed E-state index contributed by atoms with van der Waals surface area (Å²) in [6, 6.07) is 0. The van der Waals surface area contributed by atoms with Crippen molar-refractivity contribution in [2.75, 3.05) is 0 Å². The van der Waals surface area contributed by atoms with E-state index in [1.165, 1.54) is 0 Å². The molecule has 0 aromatic heterocycles. The minimum Gasteiger partial charge on any atom is -0.545 e. The third-order valence-corrected chi connectivity index (χ3v) is 1.72. The van der Waals surface area contributed by atoms with Gasteiger partial charge >= 0.3 is 29.6 Å². The van der Waals surface area contributed by atoms with E-state index in [1.807, 2.05) is 0 Å². The standard InChI is InChI=1S/C8H3F4NO3.Na/c9-3-1(7(13)14)2(8(15)16)4(10)6(12)5(3)11;/h(H2,13,14)(H,15,16);/q;+1/p-1. The Bertz CT molecular complexity index is 461. The molecule has 1 rings (SSSR count). The maximum absolute atomic E-state index is 12.9. The zero-order valence-electron chi connectivity index (χ0n) is 8.31. The first-order valence-corrected chi connectivity index (χ1v) is 3.66. The second-order valence-electron chi connectivity index (χ2n) is 2.66. The summed E-state index contributed by atoms with van der Waals surface area (Å²) in [6.45, 7) is 0. The number of benzene rings is 1. The first-order chi connectivity index (χ1) is 7.29. The van der Waals surface area contributed by atoms with Crippen LogP contribution in [0.25, 0.3) is 0 Å².